The molecule has 0 radical (unpaired) electrons. The normalized spacial score (nSPS) is 8.93. The number of hydrogen-bond donors (Lipinski definition) is 1. The van der Waals surface area contributed by atoms with Gasteiger partial charge in [0.15, 0.2) is 0 Å². The van der Waals surface area contributed by atoms with E-state index < -0.39 is 5.97 Å². The lowest BCUT2D eigenvalue weighted by Crippen LogP contribution is -1.89. The minimum Gasteiger partial charge on any atom is -0.472 e. The smallest absolute Gasteiger partial charge is 0.381 e. The number of hydrogen-bond acceptors (Lipinski definition) is 1. The van der Waals surface area contributed by atoms with E-state index in [1.165, 1.54) is 11.1 Å². The van der Waals surface area contributed by atoms with E-state index in [0.29, 0.717) is 6.42 Å². The topological polar surface area (TPSA) is 37.3 Å². The Morgan fingerprint density at radius 2 is 2.14 bits per heavy atom. The number of aryl methyl sites for hydroxylation is 2. The van der Waals surface area contributed by atoms with Crippen LogP contribution >= 0.6 is 0 Å². The number of rotatable bonds is 2. The summed E-state index contributed by atoms with van der Waals surface area (Å²) in [5, 5.41) is 8.29. The largest absolute Gasteiger partial charge is 0.472 e. The van der Waals surface area contributed by atoms with Crippen molar-refractivity contribution >= 4 is 5.97 Å². The minimum atomic E-state index is -1.06. The van der Waals surface area contributed by atoms with Crippen LogP contribution in [0.4, 0.5) is 0 Å². The zero-order chi connectivity index (χ0) is 10.4. The van der Waals surface area contributed by atoms with Crippen molar-refractivity contribution in [3.63, 3.8) is 0 Å². The van der Waals surface area contributed by atoms with Crippen LogP contribution in [0, 0.1) is 18.8 Å². The van der Waals surface area contributed by atoms with E-state index >= 15 is 0 Å². The number of carboxylic acids is 1. The van der Waals surface area contributed by atoms with Crippen molar-refractivity contribution in [1.29, 1.82) is 0 Å². The highest BCUT2D eigenvalue weighted by Crippen LogP contribution is 2.08. The van der Waals surface area contributed by atoms with E-state index in [0.717, 1.165) is 6.42 Å². The Balaban J connectivity index is 2.52. The third-order valence-corrected chi connectivity index (χ3v) is 1.98. The average Bonchev–Trinajstić information content (AvgIpc) is 2.15. The quantitative estimate of drug-likeness (QED) is 0.721. The fourth-order valence-electron chi connectivity index (χ4n) is 1.23. The lowest BCUT2D eigenvalue weighted by atomic mass is 10.0. The molecule has 0 aromatic heterocycles. The van der Waals surface area contributed by atoms with Crippen LogP contribution in [0.2, 0.25) is 0 Å². The Bertz CT molecular complexity index is 383. The molecule has 0 unspecified atom stereocenters. The highest BCUT2D eigenvalue weighted by Gasteiger charge is 1.94. The molecule has 0 heterocycles. The Kier molecular flexibility index (Phi) is 3.75. The van der Waals surface area contributed by atoms with Gasteiger partial charge in [0, 0.05) is 12.3 Å². The summed E-state index contributed by atoms with van der Waals surface area (Å²) in [7, 11) is 0. The number of carboxylic acid groups (broad SMARTS) is 1. The predicted octanol–water partition coefficient (Wildman–Crippen LogP) is 2.02. The van der Waals surface area contributed by atoms with Crippen molar-refractivity contribution in [3.8, 4) is 11.8 Å². The van der Waals surface area contributed by atoms with Gasteiger partial charge in [0.2, 0.25) is 0 Å². The maximum Gasteiger partial charge on any atom is 0.381 e. The van der Waals surface area contributed by atoms with Crippen molar-refractivity contribution < 1.29 is 9.90 Å². The van der Waals surface area contributed by atoms with E-state index in [1.807, 2.05) is 31.2 Å². The van der Waals surface area contributed by atoms with Gasteiger partial charge in [-0.15, -0.1) is 0 Å². The van der Waals surface area contributed by atoms with Crippen LogP contribution in [0.25, 0.3) is 0 Å². The van der Waals surface area contributed by atoms with Crippen LogP contribution in [-0.2, 0) is 11.2 Å². The second-order valence-electron chi connectivity index (χ2n) is 3.03. The zero-order valence-electron chi connectivity index (χ0n) is 8.08. The highest BCUT2D eigenvalue weighted by atomic mass is 16.4. The SMILES string of the molecule is Cc1ccccc1CCC#CC(=O)O. The molecule has 1 aromatic carbocycles. The molecule has 0 atom stereocenters. The molecule has 0 aliphatic rings. The number of carbonyl (C=O) groups is 1. The van der Waals surface area contributed by atoms with E-state index in [1.54, 1.807) is 0 Å². The first-order valence-corrected chi connectivity index (χ1v) is 4.46. The first-order chi connectivity index (χ1) is 6.70. The molecule has 0 amide bonds. The lowest BCUT2D eigenvalue weighted by Gasteiger charge is -2.01. The predicted molar refractivity (Wildman–Crippen MR) is 54.9 cm³/mol. The van der Waals surface area contributed by atoms with E-state index in [-0.39, 0.29) is 0 Å². The Hall–Kier alpha value is -1.75. The second kappa shape index (κ2) is 5.08. The first kappa shape index (κ1) is 10.3. The maximum absolute atomic E-state index is 10.1. The van der Waals surface area contributed by atoms with E-state index in [9.17, 15) is 4.79 Å². The van der Waals surface area contributed by atoms with Crippen LogP contribution in [0.1, 0.15) is 17.5 Å². The van der Waals surface area contributed by atoms with Crippen LogP contribution < -0.4 is 0 Å². The molecule has 14 heavy (non-hydrogen) atoms. The summed E-state index contributed by atoms with van der Waals surface area (Å²) in [5.74, 6) is 3.65. The first-order valence-electron chi connectivity index (χ1n) is 4.46. The zero-order valence-corrected chi connectivity index (χ0v) is 8.08. The van der Waals surface area contributed by atoms with Gasteiger partial charge in [-0.05, 0) is 24.5 Å². The fraction of sp³-hybridized carbons (Fsp3) is 0.250. The molecule has 0 aliphatic carbocycles. The van der Waals surface area contributed by atoms with Gasteiger partial charge in [0.05, 0.1) is 0 Å². The summed E-state index contributed by atoms with van der Waals surface area (Å²) in [6, 6.07) is 8.05. The third kappa shape index (κ3) is 3.32. The molecule has 2 heteroatoms. The van der Waals surface area contributed by atoms with Crippen LogP contribution in [0.5, 0.6) is 0 Å². The monoisotopic (exact) mass is 188 g/mol. The molecule has 0 spiro atoms. The minimum absolute atomic E-state index is 0.594. The van der Waals surface area contributed by atoms with Gasteiger partial charge >= 0.3 is 5.97 Å². The third-order valence-electron chi connectivity index (χ3n) is 1.98. The maximum atomic E-state index is 10.1. The molecule has 0 saturated carbocycles. The van der Waals surface area contributed by atoms with Gasteiger partial charge in [-0.2, -0.15) is 0 Å². The van der Waals surface area contributed by atoms with Crippen molar-refractivity contribution in [3.05, 3.63) is 35.4 Å². The summed E-state index contributed by atoms with van der Waals surface area (Å²) in [6.07, 6.45) is 1.41. The summed E-state index contributed by atoms with van der Waals surface area (Å²) in [4.78, 5) is 10.1. The lowest BCUT2D eigenvalue weighted by molar-refractivity contribution is -0.130. The molecule has 72 valence electrons. The van der Waals surface area contributed by atoms with Gasteiger partial charge in [0.25, 0.3) is 0 Å². The Labute approximate surface area is 83.6 Å². The molecule has 1 aromatic rings. The molecular formula is C12H12O2. The van der Waals surface area contributed by atoms with Crippen molar-refractivity contribution in [2.45, 2.75) is 19.8 Å². The standard InChI is InChI=1S/C12H12O2/c1-10-6-2-3-7-11(10)8-4-5-9-12(13)14/h2-3,6-7H,4,8H2,1H3,(H,13,14). The molecule has 2 nitrogen and oxygen atoms in total. The molecule has 0 fully saturated rings. The van der Waals surface area contributed by atoms with Crippen LogP contribution in [-0.4, -0.2) is 11.1 Å². The van der Waals surface area contributed by atoms with Crippen molar-refractivity contribution in [2.24, 2.45) is 0 Å². The molecule has 0 saturated heterocycles. The fourth-order valence-corrected chi connectivity index (χ4v) is 1.23. The molecule has 1 N–H and O–H groups in total. The molecule has 0 aliphatic heterocycles. The van der Waals surface area contributed by atoms with Gasteiger partial charge in [-0.25, -0.2) is 4.79 Å². The number of aliphatic carboxylic acids is 1. The molecule has 1 rings (SSSR count). The van der Waals surface area contributed by atoms with Gasteiger partial charge in [0.1, 0.15) is 0 Å². The second-order valence-corrected chi connectivity index (χ2v) is 3.03. The van der Waals surface area contributed by atoms with Crippen molar-refractivity contribution in [2.75, 3.05) is 0 Å². The summed E-state index contributed by atoms with van der Waals surface area (Å²) in [5.41, 5.74) is 2.46. The summed E-state index contributed by atoms with van der Waals surface area (Å²) >= 11 is 0. The molecule has 0 bridgehead atoms. The van der Waals surface area contributed by atoms with Crippen LogP contribution in [0.15, 0.2) is 24.3 Å². The summed E-state index contributed by atoms with van der Waals surface area (Å²) in [6.45, 7) is 2.04. The number of benzene rings is 1. The van der Waals surface area contributed by atoms with Crippen molar-refractivity contribution in [1.82, 2.24) is 0 Å². The Morgan fingerprint density at radius 1 is 1.43 bits per heavy atom. The summed E-state index contributed by atoms with van der Waals surface area (Å²) < 4.78 is 0. The Morgan fingerprint density at radius 3 is 2.79 bits per heavy atom. The van der Waals surface area contributed by atoms with Gasteiger partial charge in [-0.3, -0.25) is 0 Å². The van der Waals surface area contributed by atoms with Gasteiger partial charge in [-0.1, -0.05) is 30.2 Å². The van der Waals surface area contributed by atoms with E-state index in [2.05, 4.69) is 11.8 Å². The van der Waals surface area contributed by atoms with Gasteiger partial charge < -0.3 is 5.11 Å². The van der Waals surface area contributed by atoms with E-state index in [4.69, 9.17) is 5.11 Å². The highest BCUT2D eigenvalue weighted by molar-refractivity contribution is 5.86. The van der Waals surface area contributed by atoms with Crippen LogP contribution in [0.3, 0.4) is 0 Å². The molecular weight excluding hydrogens is 176 g/mol. The average molecular weight is 188 g/mol.